The number of ether oxygens (including phenoxy) is 1. The summed E-state index contributed by atoms with van der Waals surface area (Å²) < 4.78 is 5.31. The summed E-state index contributed by atoms with van der Waals surface area (Å²) in [5, 5.41) is 3.64. The van der Waals surface area contributed by atoms with Crippen LogP contribution in [0.2, 0.25) is 5.02 Å². The van der Waals surface area contributed by atoms with E-state index in [1.807, 2.05) is 57.2 Å². The van der Waals surface area contributed by atoms with Gasteiger partial charge in [-0.3, -0.25) is 9.59 Å². The first-order valence-electron chi connectivity index (χ1n) is 10.3. The van der Waals surface area contributed by atoms with Crippen LogP contribution in [0.3, 0.4) is 0 Å². The second kappa shape index (κ2) is 11.6. The lowest BCUT2D eigenvalue weighted by Gasteiger charge is -2.31. The van der Waals surface area contributed by atoms with E-state index in [4.69, 9.17) is 16.3 Å². The number of hydrogen-bond donors (Lipinski definition) is 1. The number of carbonyl (C=O) groups is 2. The van der Waals surface area contributed by atoms with E-state index < -0.39 is 6.04 Å². The molecule has 2 aromatic rings. The van der Waals surface area contributed by atoms with E-state index in [0.29, 0.717) is 18.0 Å². The van der Waals surface area contributed by atoms with Gasteiger partial charge in [-0.05, 0) is 55.2 Å². The molecule has 2 rings (SSSR count). The fraction of sp³-hybridized carbons (Fsp3) is 0.417. The predicted octanol–water partition coefficient (Wildman–Crippen LogP) is 4.61. The van der Waals surface area contributed by atoms with E-state index in [-0.39, 0.29) is 24.3 Å². The van der Waals surface area contributed by atoms with Crippen LogP contribution >= 0.6 is 11.6 Å². The zero-order valence-corrected chi connectivity index (χ0v) is 18.9. The molecule has 0 fully saturated rings. The Morgan fingerprint density at radius 2 is 1.77 bits per heavy atom. The van der Waals surface area contributed by atoms with Crippen molar-refractivity contribution in [2.75, 3.05) is 7.11 Å². The highest BCUT2D eigenvalue weighted by Gasteiger charge is 2.29. The van der Waals surface area contributed by atoms with Gasteiger partial charge >= 0.3 is 0 Å². The molecule has 0 aromatic heterocycles. The molecule has 2 amide bonds. The minimum atomic E-state index is -0.551. The summed E-state index contributed by atoms with van der Waals surface area (Å²) in [5.41, 5.74) is 1.77. The van der Waals surface area contributed by atoms with E-state index in [1.54, 1.807) is 24.1 Å². The number of benzene rings is 2. The quantitative estimate of drug-likeness (QED) is 0.598. The van der Waals surface area contributed by atoms with Crippen LogP contribution in [0.5, 0.6) is 5.75 Å². The first kappa shape index (κ1) is 23.7. The second-order valence-electron chi connectivity index (χ2n) is 7.42. The molecule has 162 valence electrons. The predicted molar refractivity (Wildman–Crippen MR) is 121 cm³/mol. The molecule has 2 aromatic carbocycles. The molecule has 0 unspecified atom stereocenters. The molecule has 0 aliphatic carbocycles. The van der Waals surface area contributed by atoms with Crippen LogP contribution in [0.1, 0.15) is 44.7 Å². The summed E-state index contributed by atoms with van der Waals surface area (Å²) in [6.07, 6.45) is 1.56. The highest BCUT2D eigenvalue weighted by Crippen LogP contribution is 2.19. The minimum Gasteiger partial charge on any atom is -0.497 e. The highest BCUT2D eigenvalue weighted by atomic mass is 35.5. The summed E-state index contributed by atoms with van der Waals surface area (Å²) in [4.78, 5) is 27.9. The van der Waals surface area contributed by atoms with Gasteiger partial charge in [-0.1, -0.05) is 49.7 Å². The van der Waals surface area contributed by atoms with Crippen molar-refractivity contribution in [3.8, 4) is 5.75 Å². The molecule has 0 radical (unpaired) electrons. The van der Waals surface area contributed by atoms with Crippen molar-refractivity contribution in [3.63, 3.8) is 0 Å². The SMILES string of the molecule is CC[C@@H](C)NC(=O)[C@H](CC)N(Cc1cccc(OC)c1)C(=O)Cc1ccc(Cl)cc1. The average molecular weight is 431 g/mol. The monoisotopic (exact) mass is 430 g/mol. The molecule has 0 saturated carbocycles. The molecule has 2 atom stereocenters. The number of rotatable bonds is 10. The van der Waals surface area contributed by atoms with Gasteiger partial charge in [-0.15, -0.1) is 0 Å². The van der Waals surface area contributed by atoms with Gasteiger partial charge in [0, 0.05) is 17.6 Å². The molecule has 0 saturated heterocycles. The van der Waals surface area contributed by atoms with Gasteiger partial charge in [0.2, 0.25) is 11.8 Å². The summed E-state index contributed by atoms with van der Waals surface area (Å²) in [7, 11) is 1.61. The first-order chi connectivity index (χ1) is 14.4. The highest BCUT2D eigenvalue weighted by molar-refractivity contribution is 6.30. The van der Waals surface area contributed by atoms with Crippen LogP contribution in [-0.2, 0) is 22.6 Å². The molecule has 30 heavy (non-hydrogen) atoms. The number of halogens is 1. The van der Waals surface area contributed by atoms with E-state index in [2.05, 4.69) is 5.32 Å². The van der Waals surface area contributed by atoms with Crippen molar-refractivity contribution in [1.82, 2.24) is 10.2 Å². The zero-order chi connectivity index (χ0) is 22.1. The second-order valence-corrected chi connectivity index (χ2v) is 7.85. The van der Waals surface area contributed by atoms with Crippen LogP contribution in [0.15, 0.2) is 48.5 Å². The number of amides is 2. The van der Waals surface area contributed by atoms with E-state index >= 15 is 0 Å². The van der Waals surface area contributed by atoms with Crippen molar-refractivity contribution < 1.29 is 14.3 Å². The standard InChI is InChI=1S/C24H31ClN2O3/c1-5-17(3)26-24(29)22(6-2)27(16-19-8-7-9-21(14-19)30-4)23(28)15-18-10-12-20(25)13-11-18/h7-14,17,22H,5-6,15-16H2,1-4H3,(H,26,29)/t17-,22+/m1/s1. The van der Waals surface area contributed by atoms with E-state index in [9.17, 15) is 9.59 Å². The molecule has 0 heterocycles. The van der Waals surface area contributed by atoms with Gasteiger partial charge in [-0.2, -0.15) is 0 Å². The maximum Gasteiger partial charge on any atom is 0.243 e. The van der Waals surface area contributed by atoms with Gasteiger partial charge in [-0.25, -0.2) is 0 Å². The van der Waals surface area contributed by atoms with Gasteiger partial charge in [0.15, 0.2) is 0 Å². The molecule has 0 bridgehead atoms. The Morgan fingerprint density at radius 1 is 1.07 bits per heavy atom. The lowest BCUT2D eigenvalue weighted by molar-refractivity contribution is -0.141. The maximum absolute atomic E-state index is 13.3. The van der Waals surface area contributed by atoms with Crippen molar-refractivity contribution in [3.05, 3.63) is 64.7 Å². The molecule has 0 aliphatic rings. The third kappa shape index (κ3) is 6.77. The van der Waals surface area contributed by atoms with Crippen LogP contribution in [-0.4, -0.2) is 35.9 Å². The Kier molecular flexibility index (Phi) is 9.18. The molecule has 5 nitrogen and oxygen atoms in total. The summed E-state index contributed by atoms with van der Waals surface area (Å²) in [5.74, 6) is 0.486. The molecular formula is C24H31ClN2O3. The zero-order valence-electron chi connectivity index (χ0n) is 18.2. The van der Waals surface area contributed by atoms with Crippen LogP contribution in [0.25, 0.3) is 0 Å². The van der Waals surface area contributed by atoms with Crippen molar-refractivity contribution >= 4 is 23.4 Å². The lowest BCUT2D eigenvalue weighted by Crippen LogP contribution is -2.51. The molecule has 1 N–H and O–H groups in total. The topological polar surface area (TPSA) is 58.6 Å². The summed E-state index contributed by atoms with van der Waals surface area (Å²) >= 11 is 5.96. The Bertz CT molecular complexity index is 839. The summed E-state index contributed by atoms with van der Waals surface area (Å²) in [6, 6.07) is 14.3. The van der Waals surface area contributed by atoms with Crippen LogP contribution in [0, 0.1) is 0 Å². The van der Waals surface area contributed by atoms with Crippen molar-refractivity contribution in [2.45, 2.75) is 58.7 Å². The Morgan fingerprint density at radius 3 is 2.37 bits per heavy atom. The number of methoxy groups -OCH3 is 1. The molecular weight excluding hydrogens is 400 g/mol. The number of nitrogens with zero attached hydrogens (tertiary/aromatic N) is 1. The van der Waals surface area contributed by atoms with Crippen molar-refractivity contribution in [1.29, 1.82) is 0 Å². The maximum atomic E-state index is 13.3. The first-order valence-corrected chi connectivity index (χ1v) is 10.7. The normalized spacial score (nSPS) is 12.7. The third-order valence-electron chi connectivity index (χ3n) is 5.14. The van der Waals surface area contributed by atoms with Crippen LogP contribution in [0.4, 0.5) is 0 Å². The third-order valence-corrected chi connectivity index (χ3v) is 5.39. The Balaban J connectivity index is 2.30. The van der Waals surface area contributed by atoms with Gasteiger partial charge < -0.3 is 15.0 Å². The fourth-order valence-electron chi connectivity index (χ4n) is 3.21. The molecule has 0 spiro atoms. The minimum absolute atomic E-state index is 0.0524. The van der Waals surface area contributed by atoms with E-state index in [0.717, 1.165) is 23.3 Å². The molecule has 6 heteroatoms. The number of hydrogen-bond acceptors (Lipinski definition) is 3. The lowest BCUT2D eigenvalue weighted by atomic mass is 10.1. The van der Waals surface area contributed by atoms with Crippen molar-refractivity contribution in [2.24, 2.45) is 0 Å². The Labute approximate surface area is 184 Å². The number of nitrogens with one attached hydrogen (secondary N) is 1. The smallest absolute Gasteiger partial charge is 0.243 e. The fourth-order valence-corrected chi connectivity index (χ4v) is 3.33. The summed E-state index contributed by atoms with van der Waals surface area (Å²) in [6.45, 7) is 6.24. The average Bonchev–Trinajstić information content (AvgIpc) is 2.75. The van der Waals surface area contributed by atoms with Gasteiger partial charge in [0.25, 0.3) is 0 Å². The van der Waals surface area contributed by atoms with Gasteiger partial charge in [0.1, 0.15) is 11.8 Å². The Hall–Kier alpha value is -2.53. The molecule has 0 aliphatic heterocycles. The number of carbonyl (C=O) groups excluding carboxylic acids is 2. The largest absolute Gasteiger partial charge is 0.497 e. The van der Waals surface area contributed by atoms with E-state index in [1.165, 1.54) is 0 Å². The van der Waals surface area contributed by atoms with Crippen LogP contribution < -0.4 is 10.1 Å². The van der Waals surface area contributed by atoms with Gasteiger partial charge in [0.05, 0.1) is 13.5 Å².